The maximum atomic E-state index is 13.1. The summed E-state index contributed by atoms with van der Waals surface area (Å²) < 4.78 is 27.6. The Morgan fingerprint density at radius 2 is 1.70 bits per heavy atom. The van der Waals surface area contributed by atoms with Gasteiger partial charge in [-0.05, 0) is 67.4 Å². The molecule has 30 heavy (non-hydrogen) atoms. The molecule has 0 spiro atoms. The second-order valence-electron chi connectivity index (χ2n) is 7.76. The van der Waals surface area contributed by atoms with E-state index in [2.05, 4.69) is 10.6 Å². The number of sulfonamides is 1. The molecule has 1 aliphatic carbocycles. The fourth-order valence-electron chi connectivity index (χ4n) is 4.14. The fourth-order valence-corrected chi connectivity index (χ4v) is 5.86. The molecule has 1 heterocycles. The summed E-state index contributed by atoms with van der Waals surface area (Å²) in [5.41, 5.74) is 2.41. The summed E-state index contributed by atoms with van der Waals surface area (Å²) in [7, 11) is -3.63. The van der Waals surface area contributed by atoms with Gasteiger partial charge in [-0.25, -0.2) is 8.42 Å². The average Bonchev–Trinajstić information content (AvgIpc) is 3.20. The number of para-hydroxylation sites is 1. The van der Waals surface area contributed by atoms with E-state index in [0.717, 1.165) is 36.9 Å². The molecule has 0 saturated heterocycles. The second-order valence-corrected chi connectivity index (χ2v) is 10.0. The van der Waals surface area contributed by atoms with Gasteiger partial charge in [-0.1, -0.05) is 37.5 Å². The number of hydrogen-bond acceptors (Lipinski definition) is 4. The molecular formula is C22H25N3O3S2. The number of hydrogen-bond donors (Lipinski definition) is 2. The smallest absolute Gasteiger partial charge is 0.264 e. The summed E-state index contributed by atoms with van der Waals surface area (Å²) in [6.07, 6.45) is 5.86. The molecule has 0 radical (unpaired) electrons. The monoisotopic (exact) mass is 443 g/mol. The van der Waals surface area contributed by atoms with E-state index in [1.165, 1.54) is 10.7 Å². The molecule has 1 fully saturated rings. The summed E-state index contributed by atoms with van der Waals surface area (Å²) in [5.74, 6) is -0.0199. The number of amides is 1. The van der Waals surface area contributed by atoms with Crippen LogP contribution in [0.4, 0.5) is 11.4 Å². The number of fused-ring (bicyclic) bond motifs is 1. The highest BCUT2D eigenvalue weighted by atomic mass is 32.2. The van der Waals surface area contributed by atoms with Gasteiger partial charge in [0, 0.05) is 18.2 Å². The molecule has 6 nitrogen and oxygen atoms in total. The zero-order chi connectivity index (χ0) is 21.1. The van der Waals surface area contributed by atoms with E-state index in [9.17, 15) is 13.2 Å². The molecule has 0 unspecified atom stereocenters. The number of thiocarbonyl (C=S) groups is 1. The van der Waals surface area contributed by atoms with Crippen LogP contribution in [-0.2, 0) is 21.2 Å². The largest absolute Gasteiger partial charge is 0.332 e. The van der Waals surface area contributed by atoms with Crippen LogP contribution in [-0.4, -0.2) is 26.0 Å². The van der Waals surface area contributed by atoms with Crippen LogP contribution in [0.3, 0.4) is 0 Å². The van der Waals surface area contributed by atoms with Crippen molar-refractivity contribution in [3.8, 4) is 0 Å². The summed E-state index contributed by atoms with van der Waals surface area (Å²) in [6.45, 7) is 0.443. The molecule has 0 bridgehead atoms. The zero-order valence-electron chi connectivity index (χ0n) is 16.6. The molecule has 0 atom stereocenters. The number of rotatable bonds is 4. The summed E-state index contributed by atoms with van der Waals surface area (Å²) >= 11 is 5.25. The van der Waals surface area contributed by atoms with Crippen molar-refractivity contribution < 1.29 is 13.2 Å². The number of carbonyl (C=O) groups excluding carboxylic acids is 1. The summed E-state index contributed by atoms with van der Waals surface area (Å²) in [6, 6.07) is 14.0. The molecule has 2 aliphatic rings. The average molecular weight is 444 g/mol. The quantitative estimate of drug-likeness (QED) is 0.702. The maximum Gasteiger partial charge on any atom is 0.264 e. The first-order valence-corrected chi connectivity index (χ1v) is 12.1. The van der Waals surface area contributed by atoms with E-state index in [1.807, 2.05) is 24.3 Å². The van der Waals surface area contributed by atoms with Crippen molar-refractivity contribution in [2.45, 2.75) is 43.4 Å². The molecule has 8 heteroatoms. The minimum atomic E-state index is -3.63. The van der Waals surface area contributed by atoms with E-state index in [4.69, 9.17) is 12.2 Å². The molecule has 1 aliphatic heterocycles. The predicted octanol–water partition coefficient (Wildman–Crippen LogP) is 3.83. The molecular weight excluding hydrogens is 418 g/mol. The number of carbonyl (C=O) groups is 1. The molecule has 2 aromatic carbocycles. The Morgan fingerprint density at radius 1 is 1.00 bits per heavy atom. The second kappa shape index (κ2) is 8.73. The van der Waals surface area contributed by atoms with Crippen LogP contribution in [0.25, 0.3) is 0 Å². The van der Waals surface area contributed by atoms with E-state index in [-0.39, 0.29) is 21.8 Å². The molecule has 0 aromatic heterocycles. The Kier molecular flexibility index (Phi) is 6.06. The van der Waals surface area contributed by atoms with Gasteiger partial charge in [-0.3, -0.25) is 9.10 Å². The van der Waals surface area contributed by atoms with Crippen molar-refractivity contribution in [3.05, 3.63) is 54.1 Å². The normalized spacial score (nSPS) is 16.7. The topological polar surface area (TPSA) is 78.5 Å². The third-order valence-electron chi connectivity index (χ3n) is 5.76. The molecule has 158 valence electrons. The lowest BCUT2D eigenvalue weighted by Gasteiger charge is -2.21. The Balaban J connectivity index is 1.40. The Bertz CT molecular complexity index is 1050. The Morgan fingerprint density at radius 3 is 2.43 bits per heavy atom. The highest BCUT2D eigenvalue weighted by Crippen LogP contribution is 2.32. The number of nitrogens with one attached hydrogen (secondary N) is 2. The van der Waals surface area contributed by atoms with E-state index >= 15 is 0 Å². The third-order valence-corrected chi connectivity index (χ3v) is 7.79. The molecule has 1 amide bonds. The van der Waals surface area contributed by atoms with Gasteiger partial charge in [0.25, 0.3) is 10.0 Å². The van der Waals surface area contributed by atoms with Crippen molar-refractivity contribution in [3.63, 3.8) is 0 Å². The van der Waals surface area contributed by atoms with Crippen LogP contribution >= 0.6 is 12.2 Å². The lowest BCUT2D eigenvalue weighted by Crippen LogP contribution is -2.39. The van der Waals surface area contributed by atoms with Gasteiger partial charge in [-0.2, -0.15) is 0 Å². The minimum Gasteiger partial charge on any atom is -0.332 e. The van der Waals surface area contributed by atoms with Gasteiger partial charge < -0.3 is 10.6 Å². The van der Waals surface area contributed by atoms with Gasteiger partial charge in [0.15, 0.2) is 5.11 Å². The maximum absolute atomic E-state index is 13.1. The van der Waals surface area contributed by atoms with Gasteiger partial charge in [0.05, 0.1) is 10.6 Å². The highest BCUT2D eigenvalue weighted by Gasteiger charge is 2.30. The number of anilines is 2. The first-order valence-electron chi connectivity index (χ1n) is 10.3. The molecule has 2 N–H and O–H groups in total. The van der Waals surface area contributed by atoms with Crippen molar-refractivity contribution >= 4 is 44.6 Å². The van der Waals surface area contributed by atoms with Crippen molar-refractivity contribution in [1.29, 1.82) is 0 Å². The van der Waals surface area contributed by atoms with E-state index in [1.54, 1.807) is 24.3 Å². The molecule has 2 aromatic rings. The van der Waals surface area contributed by atoms with Gasteiger partial charge in [0.2, 0.25) is 5.91 Å². The highest BCUT2D eigenvalue weighted by molar-refractivity contribution is 7.92. The molecule has 1 saturated carbocycles. The van der Waals surface area contributed by atoms with E-state index < -0.39 is 10.0 Å². The van der Waals surface area contributed by atoms with Crippen LogP contribution < -0.4 is 14.9 Å². The zero-order valence-corrected chi connectivity index (χ0v) is 18.3. The van der Waals surface area contributed by atoms with Crippen molar-refractivity contribution in [2.75, 3.05) is 16.2 Å². The SMILES string of the molecule is O=C(NC(=S)Nc1ccc(S(=O)(=O)N2CCc3ccccc32)cc1)C1CCCCC1. The minimum absolute atomic E-state index is 0.0226. The summed E-state index contributed by atoms with van der Waals surface area (Å²) in [5, 5.41) is 5.95. The van der Waals surface area contributed by atoms with Crippen LogP contribution in [0, 0.1) is 5.92 Å². The van der Waals surface area contributed by atoms with E-state index in [0.29, 0.717) is 18.7 Å². The van der Waals surface area contributed by atoms with Crippen LogP contribution in [0.15, 0.2) is 53.4 Å². The van der Waals surface area contributed by atoms with Crippen LogP contribution in [0.1, 0.15) is 37.7 Å². The van der Waals surface area contributed by atoms with Crippen LogP contribution in [0.5, 0.6) is 0 Å². The number of nitrogens with zero attached hydrogens (tertiary/aromatic N) is 1. The van der Waals surface area contributed by atoms with Crippen molar-refractivity contribution in [1.82, 2.24) is 5.32 Å². The third kappa shape index (κ3) is 4.34. The Labute approximate surface area is 182 Å². The van der Waals surface area contributed by atoms with Gasteiger partial charge in [0.1, 0.15) is 0 Å². The summed E-state index contributed by atoms with van der Waals surface area (Å²) in [4.78, 5) is 12.5. The predicted molar refractivity (Wildman–Crippen MR) is 122 cm³/mol. The molecule has 4 rings (SSSR count). The lowest BCUT2D eigenvalue weighted by molar-refractivity contribution is -0.124. The standard InChI is InChI=1S/C22H25N3O3S2/c26-21(17-7-2-1-3-8-17)24-22(29)23-18-10-12-19(13-11-18)30(27,28)25-15-14-16-6-4-5-9-20(16)25/h4-6,9-13,17H,1-3,7-8,14-15H2,(H2,23,24,26,29). The van der Waals surface area contributed by atoms with Gasteiger partial charge in [-0.15, -0.1) is 0 Å². The van der Waals surface area contributed by atoms with Crippen LogP contribution in [0.2, 0.25) is 0 Å². The van der Waals surface area contributed by atoms with Crippen molar-refractivity contribution in [2.24, 2.45) is 5.92 Å². The number of benzene rings is 2. The first-order chi connectivity index (χ1) is 14.4. The lowest BCUT2D eigenvalue weighted by atomic mass is 9.89. The first kappa shape index (κ1) is 20.8. The Hall–Kier alpha value is -2.45. The fraction of sp³-hybridized carbons (Fsp3) is 0.364. The van der Waals surface area contributed by atoms with Gasteiger partial charge >= 0.3 is 0 Å².